The Hall–Kier alpha value is -1.83. The van der Waals surface area contributed by atoms with Crippen LogP contribution in [0.1, 0.15) is 24.6 Å². The zero-order valence-corrected chi connectivity index (χ0v) is 10.6. The summed E-state index contributed by atoms with van der Waals surface area (Å²) in [7, 11) is 0. The molecule has 0 fully saturated rings. The van der Waals surface area contributed by atoms with Gasteiger partial charge in [-0.05, 0) is 44.4 Å². The first-order valence-corrected chi connectivity index (χ1v) is 6.42. The number of nitrogens with one attached hydrogen (secondary N) is 1. The van der Waals surface area contributed by atoms with Gasteiger partial charge >= 0.3 is 0 Å². The van der Waals surface area contributed by atoms with Gasteiger partial charge in [0.1, 0.15) is 0 Å². The average molecular weight is 237 g/mol. The SMILES string of the molecule is [CH2]c1cccc(-c2cccc3c2NC(C)CC3)n1. The zero-order valence-electron chi connectivity index (χ0n) is 10.6. The molecule has 1 N–H and O–H groups in total. The van der Waals surface area contributed by atoms with Crippen LogP contribution in [0.2, 0.25) is 0 Å². The third-order valence-corrected chi connectivity index (χ3v) is 3.47. The number of nitrogens with zero attached hydrogens (tertiary/aromatic N) is 1. The van der Waals surface area contributed by atoms with Crippen LogP contribution in [-0.2, 0) is 6.42 Å². The monoisotopic (exact) mass is 237 g/mol. The first-order valence-electron chi connectivity index (χ1n) is 6.42. The molecule has 18 heavy (non-hydrogen) atoms. The lowest BCUT2D eigenvalue weighted by atomic mass is 9.94. The van der Waals surface area contributed by atoms with E-state index in [0.29, 0.717) is 6.04 Å². The zero-order chi connectivity index (χ0) is 12.5. The maximum Gasteiger partial charge on any atom is 0.0726 e. The smallest absolute Gasteiger partial charge is 0.0726 e. The first-order chi connectivity index (χ1) is 8.74. The maximum absolute atomic E-state index is 4.53. The Morgan fingerprint density at radius 2 is 2.06 bits per heavy atom. The van der Waals surface area contributed by atoms with Crippen molar-refractivity contribution >= 4 is 5.69 Å². The molecular weight excluding hydrogens is 220 g/mol. The lowest BCUT2D eigenvalue weighted by Gasteiger charge is -2.26. The molecule has 1 radical (unpaired) electrons. The van der Waals surface area contributed by atoms with E-state index in [1.807, 2.05) is 18.2 Å². The van der Waals surface area contributed by atoms with Crippen LogP contribution in [-0.4, -0.2) is 11.0 Å². The summed E-state index contributed by atoms with van der Waals surface area (Å²) in [4.78, 5) is 4.53. The molecule has 2 nitrogen and oxygen atoms in total. The van der Waals surface area contributed by atoms with E-state index >= 15 is 0 Å². The summed E-state index contributed by atoms with van der Waals surface area (Å²) in [6.45, 7) is 6.13. The van der Waals surface area contributed by atoms with Gasteiger partial charge in [-0.25, -0.2) is 0 Å². The fourth-order valence-electron chi connectivity index (χ4n) is 2.51. The topological polar surface area (TPSA) is 24.9 Å². The number of aromatic nitrogens is 1. The van der Waals surface area contributed by atoms with Crippen LogP contribution in [0.4, 0.5) is 5.69 Å². The Morgan fingerprint density at radius 1 is 1.22 bits per heavy atom. The van der Waals surface area contributed by atoms with Crippen LogP contribution < -0.4 is 5.32 Å². The molecule has 1 aromatic carbocycles. The molecule has 2 heteroatoms. The second kappa shape index (κ2) is 4.45. The van der Waals surface area contributed by atoms with Crippen molar-refractivity contribution in [2.24, 2.45) is 0 Å². The van der Waals surface area contributed by atoms with Gasteiger partial charge in [-0.1, -0.05) is 24.3 Å². The Bertz CT molecular complexity index is 575. The molecule has 1 unspecified atom stereocenters. The highest BCUT2D eigenvalue weighted by Gasteiger charge is 2.17. The predicted octanol–water partition coefficient (Wildman–Crippen LogP) is 3.68. The number of fused-ring (bicyclic) bond motifs is 1. The van der Waals surface area contributed by atoms with E-state index in [4.69, 9.17) is 0 Å². The van der Waals surface area contributed by atoms with E-state index in [2.05, 4.69) is 42.3 Å². The largest absolute Gasteiger partial charge is 0.382 e. The number of benzene rings is 1. The lowest BCUT2D eigenvalue weighted by Crippen LogP contribution is -2.22. The normalized spacial score (nSPS) is 18.0. The van der Waals surface area contributed by atoms with Crippen molar-refractivity contribution in [1.82, 2.24) is 4.98 Å². The van der Waals surface area contributed by atoms with Gasteiger partial charge in [0.15, 0.2) is 0 Å². The maximum atomic E-state index is 4.53. The third kappa shape index (κ3) is 1.99. The van der Waals surface area contributed by atoms with Crippen LogP contribution in [0, 0.1) is 6.92 Å². The first kappa shape index (κ1) is 11.3. The highest BCUT2D eigenvalue weighted by atomic mass is 14.9. The van der Waals surface area contributed by atoms with E-state index in [-0.39, 0.29) is 0 Å². The molecule has 0 saturated heterocycles. The van der Waals surface area contributed by atoms with Crippen molar-refractivity contribution in [3.05, 3.63) is 54.6 Å². The number of hydrogen-bond donors (Lipinski definition) is 1. The average Bonchev–Trinajstić information content (AvgIpc) is 2.38. The Balaban J connectivity index is 2.13. The molecular formula is C16H17N2. The van der Waals surface area contributed by atoms with Gasteiger partial charge in [0.05, 0.1) is 5.69 Å². The number of hydrogen-bond acceptors (Lipinski definition) is 2. The second-order valence-electron chi connectivity index (χ2n) is 4.94. The van der Waals surface area contributed by atoms with Gasteiger partial charge in [-0.15, -0.1) is 0 Å². The van der Waals surface area contributed by atoms with Gasteiger partial charge < -0.3 is 5.32 Å². The van der Waals surface area contributed by atoms with Gasteiger partial charge in [0, 0.05) is 23.0 Å². The molecule has 3 rings (SSSR count). The van der Waals surface area contributed by atoms with Gasteiger partial charge in [-0.2, -0.15) is 0 Å². The summed E-state index contributed by atoms with van der Waals surface area (Å²) < 4.78 is 0. The minimum atomic E-state index is 0.529. The van der Waals surface area contributed by atoms with Gasteiger partial charge in [0.25, 0.3) is 0 Å². The van der Waals surface area contributed by atoms with Crippen molar-refractivity contribution in [2.75, 3.05) is 5.32 Å². The molecule has 0 saturated carbocycles. The van der Waals surface area contributed by atoms with Gasteiger partial charge in [0.2, 0.25) is 0 Å². The summed E-state index contributed by atoms with van der Waals surface area (Å²) in [5, 5.41) is 3.59. The van der Waals surface area contributed by atoms with E-state index in [1.165, 1.54) is 23.2 Å². The summed E-state index contributed by atoms with van der Waals surface area (Å²) in [6.07, 6.45) is 2.33. The molecule has 1 aliphatic heterocycles. The standard InChI is InChI=1S/C16H17N2/c1-11-5-3-8-15(17-11)14-7-4-6-13-10-9-12(2)18-16(13)14/h3-8,12,18H,1,9-10H2,2H3. The van der Waals surface area contributed by atoms with Crippen molar-refractivity contribution in [2.45, 2.75) is 25.8 Å². The number of para-hydroxylation sites is 1. The number of aryl methyl sites for hydroxylation is 1. The molecule has 2 heterocycles. The fraction of sp³-hybridized carbons (Fsp3) is 0.250. The van der Waals surface area contributed by atoms with Crippen molar-refractivity contribution in [1.29, 1.82) is 0 Å². The summed E-state index contributed by atoms with van der Waals surface area (Å²) >= 11 is 0. The lowest BCUT2D eigenvalue weighted by molar-refractivity contribution is 0.681. The van der Waals surface area contributed by atoms with Crippen molar-refractivity contribution < 1.29 is 0 Å². The highest BCUT2D eigenvalue weighted by Crippen LogP contribution is 2.34. The Kier molecular flexibility index (Phi) is 2.78. The highest BCUT2D eigenvalue weighted by molar-refractivity contribution is 5.79. The van der Waals surface area contributed by atoms with E-state index in [0.717, 1.165) is 17.8 Å². The Morgan fingerprint density at radius 3 is 2.89 bits per heavy atom. The van der Waals surface area contributed by atoms with Gasteiger partial charge in [-0.3, -0.25) is 4.98 Å². The summed E-state index contributed by atoms with van der Waals surface area (Å²) in [5.74, 6) is 0. The predicted molar refractivity (Wildman–Crippen MR) is 75.5 cm³/mol. The van der Waals surface area contributed by atoms with Crippen LogP contribution >= 0.6 is 0 Å². The van der Waals surface area contributed by atoms with Crippen LogP contribution in [0.5, 0.6) is 0 Å². The number of anilines is 1. The number of pyridine rings is 1. The molecule has 0 bridgehead atoms. The fourth-order valence-corrected chi connectivity index (χ4v) is 2.51. The second-order valence-corrected chi connectivity index (χ2v) is 4.94. The summed E-state index contributed by atoms with van der Waals surface area (Å²) in [5.41, 5.74) is 5.63. The van der Waals surface area contributed by atoms with E-state index < -0.39 is 0 Å². The van der Waals surface area contributed by atoms with Crippen molar-refractivity contribution in [3.63, 3.8) is 0 Å². The summed E-state index contributed by atoms with van der Waals surface area (Å²) in [6, 6.07) is 13.0. The molecule has 0 amide bonds. The molecule has 1 aliphatic rings. The van der Waals surface area contributed by atoms with Crippen LogP contribution in [0.3, 0.4) is 0 Å². The molecule has 0 aliphatic carbocycles. The minimum absolute atomic E-state index is 0.529. The van der Waals surface area contributed by atoms with Crippen LogP contribution in [0.15, 0.2) is 36.4 Å². The van der Waals surface area contributed by atoms with E-state index in [9.17, 15) is 0 Å². The van der Waals surface area contributed by atoms with Crippen molar-refractivity contribution in [3.8, 4) is 11.3 Å². The minimum Gasteiger partial charge on any atom is -0.382 e. The number of rotatable bonds is 1. The molecule has 2 aromatic rings. The third-order valence-electron chi connectivity index (χ3n) is 3.47. The molecule has 1 aromatic heterocycles. The molecule has 0 spiro atoms. The molecule has 91 valence electrons. The molecule has 1 atom stereocenters. The van der Waals surface area contributed by atoms with Crippen LogP contribution in [0.25, 0.3) is 11.3 Å². The Labute approximate surface area is 108 Å². The van der Waals surface area contributed by atoms with E-state index in [1.54, 1.807) is 0 Å². The quantitative estimate of drug-likeness (QED) is 0.818.